The van der Waals surface area contributed by atoms with Crippen molar-refractivity contribution in [1.29, 1.82) is 0 Å². The van der Waals surface area contributed by atoms with Gasteiger partial charge in [-0.05, 0) is 35.7 Å². The lowest BCUT2D eigenvalue weighted by Gasteiger charge is -2.17. The van der Waals surface area contributed by atoms with Crippen molar-refractivity contribution < 1.29 is 8.42 Å². The minimum atomic E-state index is -3.56. The second-order valence-corrected chi connectivity index (χ2v) is 8.07. The minimum Gasteiger partial charge on any atom is -0.323 e. The Morgan fingerprint density at radius 3 is 2.43 bits per heavy atom. The van der Waals surface area contributed by atoms with Gasteiger partial charge in [0.25, 0.3) is 0 Å². The van der Waals surface area contributed by atoms with Crippen molar-refractivity contribution in [3.8, 4) is 0 Å². The van der Waals surface area contributed by atoms with Crippen molar-refractivity contribution in [1.82, 2.24) is 0 Å². The van der Waals surface area contributed by atoms with Gasteiger partial charge in [-0.1, -0.05) is 47.5 Å². The Morgan fingerprint density at radius 1 is 1.05 bits per heavy atom. The molecule has 2 aromatic rings. The Kier molecular flexibility index (Phi) is 3.74. The van der Waals surface area contributed by atoms with Gasteiger partial charge >= 0.3 is 0 Å². The highest BCUT2D eigenvalue weighted by atomic mass is 35.5. The van der Waals surface area contributed by atoms with Crippen molar-refractivity contribution >= 4 is 33.0 Å². The highest BCUT2D eigenvalue weighted by Crippen LogP contribution is 2.37. The third kappa shape index (κ3) is 2.46. The molecule has 2 aromatic carbocycles. The Balaban J connectivity index is 2.02. The van der Waals surface area contributed by atoms with Crippen molar-refractivity contribution in [2.45, 2.75) is 22.6 Å². The molecule has 2 unspecified atom stereocenters. The molecule has 0 aliphatic heterocycles. The maximum absolute atomic E-state index is 12.8. The van der Waals surface area contributed by atoms with Gasteiger partial charge in [-0.25, -0.2) is 8.42 Å². The molecule has 3 rings (SSSR count). The van der Waals surface area contributed by atoms with E-state index in [1.54, 1.807) is 0 Å². The van der Waals surface area contributed by atoms with Gasteiger partial charge in [-0.15, -0.1) is 0 Å². The monoisotopic (exact) mass is 341 g/mol. The lowest BCUT2D eigenvalue weighted by molar-refractivity contribution is 0.565. The van der Waals surface area contributed by atoms with Crippen LogP contribution in [-0.2, 0) is 16.3 Å². The zero-order valence-corrected chi connectivity index (χ0v) is 13.3. The minimum absolute atomic E-state index is 0.158. The number of fused-ring (bicyclic) bond motifs is 1. The molecule has 0 heterocycles. The summed E-state index contributed by atoms with van der Waals surface area (Å²) in [5.74, 6) is 0. The van der Waals surface area contributed by atoms with Gasteiger partial charge in [0.2, 0.25) is 0 Å². The molecule has 0 saturated carbocycles. The Bertz CT molecular complexity index is 805. The first kappa shape index (κ1) is 14.9. The van der Waals surface area contributed by atoms with Crippen LogP contribution in [0.3, 0.4) is 0 Å². The molecule has 1 aliphatic carbocycles. The highest BCUT2D eigenvalue weighted by molar-refractivity contribution is 7.92. The second-order valence-electron chi connectivity index (χ2n) is 5.09. The zero-order valence-electron chi connectivity index (χ0n) is 11.0. The normalized spacial score (nSPS) is 21.3. The second kappa shape index (κ2) is 5.29. The van der Waals surface area contributed by atoms with E-state index < -0.39 is 21.1 Å². The van der Waals surface area contributed by atoms with Crippen LogP contribution in [0.5, 0.6) is 0 Å². The van der Waals surface area contributed by atoms with E-state index in [1.807, 2.05) is 24.3 Å². The van der Waals surface area contributed by atoms with E-state index in [2.05, 4.69) is 0 Å². The average molecular weight is 342 g/mol. The molecule has 2 N–H and O–H groups in total. The number of hydrogen-bond donors (Lipinski definition) is 1. The molecule has 0 saturated heterocycles. The van der Waals surface area contributed by atoms with Gasteiger partial charge in [0.1, 0.15) is 0 Å². The van der Waals surface area contributed by atoms with E-state index in [0.29, 0.717) is 11.4 Å². The molecule has 110 valence electrons. The zero-order chi connectivity index (χ0) is 15.2. The molecule has 6 heteroatoms. The van der Waals surface area contributed by atoms with Crippen LogP contribution in [0.4, 0.5) is 0 Å². The lowest BCUT2D eigenvalue weighted by Crippen LogP contribution is -2.30. The van der Waals surface area contributed by atoms with Crippen LogP contribution in [0.25, 0.3) is 0 Å². The van der Waals surface area contributed by atoms with Crippen LogP contribution in [0.2, 0.25) is 10.0 Å². The summed E-state index contributed by atoms with van der Waals surface area (Å²) < 4.78 is 25.6. The summed E-state index contributed by atoms with van der Waals surface area (Å²) in [7, 11) is -3.56. The lowest BCUT2D eigenvalue weighted by atomic mass is 10.1. The number of rotatable bonds is 2. The third-order valence-electron chi connectivity index (χ3n) is 3.85. The van der Waals surface area contributed by atoms with E-state index in [0.717, 1.165) is 11.1 Å². The average Bonchev–Trinajstić information content (AvgIpc) is 2.80. The van der Waals surface area contributed by atoms with Gasteiger partial charge in [0.05, 0.1) is 20.2 Å². The van der Waals surface area contributed by atoms with Crippen molar-refractivity contribution in [2.75, 3.05) is 0 Å². The number of sulfone groups is 1. The fourth-order valence-electron chi connectivity index (χ4n) is 2.72. The summed E-state index contributed by atoms with van der Waals surface area (Å²) >= 11 is 11.8. The van der Waals surface area contributed by atoms with E-state index in [4.69, 9.17) is 28.9 Å². The van der Waals surface area contributed by atoms with E-state index in [-0.39, 0.29) is 9.92 Å². The van der Waals surface area contributed by atoms with Crippen LogP contribution < -0.4 is 5.73 Å². The standard InChI is InChI=1S/C15H13Cl2NO2S/c16-12-6-5-10(8-13(12)17)21(19,20)14-7-9-3-1-2-4-11(9)15(14)18/h1-6,8,14-15H,7,18H2. The number of hydrogen-bond acceptors (Lipinski definition) is 3. The van der Waals surface area contributed by atoms with Gasteiger partial charge in [0.15, 0.2) is 9.84 Å². The third-order valence-corrected chi connectivity index (χ3v) is 6.76. The van der Waals surface area contributed by atoms with E-state index >= 15 is 0 Å². The maximum atomic E-state index is 12.8. The maximum Gasteiger partial charge on any atom is 0.183 e. The van der Waals surface area contributed by atoms with E-state index in [9.17, 15) is 8.42 Å². The summed E-state index contributed by atoms with van der Waals surface area (Å²) in [6, 6.07) is 11.4. The van der Waals surface area contributed by atoms with Crippen molar-refractivity contribution in [2.24, 2.45) is 5.73 Å². The van der Waals surface area contributed by atoms with Gasteiger partial charge in [-0.3, -0.25) is 0 Å². The van der Waals surface area contributed by atoms with Crippen LogP contribution in [-0.4, -0.2) is 13.7 Å². The van der Waals surface area contributed by atoms with Crippen molar-refractivity contribution in [3.05, 3.63) is 63.6 Å². The largest absolute Gasteiger partial charge is 0.323 e. The topological polar surface area (TPSA) is 60.2 Å². The molecule has 21 heavy (non-hydrogen) atoms. The van der Waals surface area contributed by atoms with Crippen LogP contribution >= 0.6 is 23.2 Å². The number of halogens is 2. The summed E-state index contributed by atoms with van der Waals surface area (Å²) in [6.07, 6.45) is 0.417. The van der Waals surface area contributed by atoms with Crippen LogP contribution in [0.1, 0.15) is 17.2 Å². The molecule has 1 aliphatic rings. The molecular weight excluding hydrogens is 329 g/mol. The number of nitrogens with two attached hydrogens (primary N) is 1. The molecule has 3 nitrogen and oxygen atoms in total. The molecule has 0 bridgehead atoms. The van der Waals surface area contributed by atoms with Crippen molar-refractivity contribution in [3.63, 3.8) is 0 Å². The smallest absolute Gasteiger partial charge is 0.183 e. The SMILES string of the molecule is NC1c2ccccc2CC1S(=O)(=O)c1ccc(Cl)c(Cl)c1. The van der Waals surface area contributed by atoms with Gasteiger partial charge in [0, 0.05) is 6.04 Å². The first-order chi connectivity index (χ1) is 9.91. The first-order valence-electron chi connectivity index (χ1n) is 6.43. The molecule has 0 radical (unpaired) electrons. The quantitative estimate of drug-likeness (QED) is 0.910. The molecule has 0 aromatic heterocycles. The Hall–Kier alpha value is -1.07. The molecule has 0 amide bonds. The van der Waals surface area contributed by atoms with E-state index in [1.165, 1.54) is 18.2 Å². The molecule has 0 spiro atoms. The fraction of sp³-hybridized carbons (Fsp3) is 0.200. The summed E-state index contributed by atoms with van der Waals surface area (Å²) in [5.41, 5.74) is 8.02. The molecular formula is C15H13Cl2NO2S. The van der Waals surface area contributed by atoms with Gasteiger partial charge < -0.3 is 5.73 Å². The summed E-state index contributed by atoms with van der Waals surface area (Å²) in [4.78, 5) is 0.158. The summed E-state index contributed by atoms with van der Waals surface area (Å²) in [5, 5.41) is -0.122. The Morgan fingerprint density at radius 2 is 1.76 bits per heavy atom. The number of benzene rings is 2. The molecule has 2 atom stereocenters. The van der Waals surface area contributed by atoms with Crippen LogP contribution in [0, 0.1) is 0 Å². The Labute approximate surface area is 133 Å². The predicted octanol–water partition coefficient (Wildman–Crippen LogP) is 3.39. The van der Waals surface area contributed by atoms with Gasteiger partial charge in [-0.2, -0.15) is 0 Å². The first-order valence-corrected chi connectivity index (χ1v) is 8.74. The highest BCUT2D eigenvalue weighted by Gasteiger charge is 2.39. The van der Waals surface area contributed by atoms with Crippen LogP contribution in [0.15, 0.2) is 47.4 Å². The summed E-state index contributed by atoms with van der Waals surface area (Å²) in [6.45, 7) is 0. The molecule has 0 fully saturated rings. The predicted molar refractivity (Wildman–Crippen MR) is 84.5 cm³/mol. The fourth-order valence-corrected chi connectivity index (χ4v) is 4.90.